The van der Waals surface area contributed by atoms with Crippen molar-refractivity contribution < 1.29 is 9.59 Å². The maximum Gasteiger partial charge on any atom is 0.267 e. The van der Waals surface area contributed by atoms with E-state index in [2.05, 4.69) is 20.4 Å². The van der Waals surface area contributed by atoms with Crippen molar-refractivity contribution in [3.8, 4) is 0 Å². The lowest BCUT2D eigenvalue weighted by molar-refractivity contribution is 0.0996. The van der Waals surface area contributed by atoms with E-state index in [1.54, 1.807) is 28.4 Å². The number of pyridine rings is 1. The summed E-state index contributed by atoms with van der Waals surface area (Å²) in [7, 11) is 0. The Hall–Kier alpha value is -3.59. The predicted molar refractivity (Wildman–Crippen MR) is 111 cm³/mol. The predicted octanol–water partition coefficient (Wildman–Crippen LogP) is 2.90. The number of rotatable bonds is 5. The average molecular weight is 406 g/mol. The van der Waals surface area contributed by atoms with Gasteiger partial charge in [-0.05, 0) is 26.0 Å². The molecule has 4 aromatic rings. The molecule has 0 atom stereocenters. The summed E-state index contributed by atoms with van der Waals surface area (Å²) in [6.07, 6.45) is 0. The Balaban J connectivity index is 1.70. The van der Waals surface area contributed by atoms with Crippen LogP contribution in [-0.2, 0) is 6.54 Å². The van der Waals surface area contributed by atoms with Gasteiger partial charge in [-0.25, -0.2) is 9.97 Å². The minimum absolute atomic E-state index is 0.0431. The van der Waals surface area contributed by atoms with Crippen LogP contribution in [0.2, 0.25) is 0 Å². The number of primary amides is 1. The van der Waals surface area contributed by atoms with Crippen molar-refractivity contribution in [2.75, 3.05) is 5.32 Å². The summed E-state index contributed by atoms with van der Waals surface area (Å²) in [6, 6.07) is 8.55. The maximum atomic E-state index is 13.1. The molecule has 9 heteroatoms. The number of benzene rings is 1. The molecule has 0 fully saturated rings. The third-order valence-electron chi connectivity index (χ3n) is 4.63. The van der Waals surface area contributed by atoms with Crippen LogP contribution in [0.25, 0.3) is 10.9 Å². The van der Waals surface area contributed by atoms with Gasteiger partial charge < -0.3 is 11.1 Å². The molecule has 3 N–H and O–H groups in total. The van der Waals surface area contributed by atoms with E-state index in [0.717, 1.165) is 11.4 Å². The number of amides is 2. The van der Waals surface area contributed by atoms with Crippen LogP contribution in [-0.4, -0.2) is 31.6 Å². The molecule has 4 rings (SSSR count). The monoisotopic (exact) mass is 406 g/mol. The van der Waals surface area contributed by atoms with Crippen LogP contribution in [0.1, 0.15) is 37.9 Å². The second-order valence-electron chi connectivity index (χ2n) is 6.57. The van der Waals surface area contributed by atoms with Crippen LogP contribution >= 0.6 is 11.3 Å². The zero-order valence-corrected chi connectivity index (χ0v) is 16.7. The first-order valence-electron chi connectivity index (χ1n) is 8.86. The van der Waals surface area contributed by atoms with E-state index in [1.165, 1.54) is 17.4 Å². The van der Waals surface area contributed by atoms with Crippen LogP contribution < -0.4 is 11.1 Å². The number of fused-ring (bicyclic) bond motifs is 1. The van der Waals surface area contributed by atoms with E-state index in [-0.39, 0.29) is 11.6 Å². The van der Waals surface area contributed by atoms with E-state index in [4.69, 9.17) is 5.73 Å². The van der Waals surface area contributed by atoms with E-state index in [1.807, 2.05) is 25.3 Å². The zero-order valence-electron chi connectivity index (χ0n) is 15.8. The summed E-state index contributed by atoms with van der Waals surface area (Å²) < 4.78 is 1.81. The number of carbonyl (C=O) groups is 2. The van der Waals surface area contributed by atoms with E-state index < -0.39 is 5.91 Å². The van der Waals surface area contributed by atoms with Crippen molar-refractivity contribution in [3.63, 3.8) is 0 Å². The summed E-state index contributed by atoms with van der Waals surface area (Å²) in [5.74, 6) is -1.04. The standard InChI is InChI=1S/C20H18N6O2S/c1-11-18(12(2)26(25-11)8-13-9-29-10-22-13)24-20(28)15-7-17(19(21)27)23-16-6-4-3-5-14(15)16/h3-7,9-10H,8H2,1-2H3,(H2,21,27)(H,24,28). The fraction of sp³-hybridized carbons (Fsp3) is 0.150. The molecule has 0 aliphatic rings. The minimum Gasteiger partial charge on any atom is -0.364 e. The van der Waals surface area contributed by atoms with Crippen molar-refractivity contribution in [2.24, 2.45) is 5.73 Å². The van der Waals surface area contributed by atoms with Crippen molar-refractivity contribution in [2.45, 2.75) is 20.4 Å². The largest absolute Gasteiger partial charge is 0.364 e. The average Bonchev–Trinajstić information content (AvgIpc) is 3.31. The molecule has 0 saturated heterocycles. The number of para-hydroxylation sites is 1. The molecular weight excluding hydrogens is 388 g/mol. The van der Waals surface area contributed by atoms with Gasteiger partial charge in [0.05, 0.1) is 45.9 Å². The summed E-state index contributed by atoms with van der Waals surface area (Å²) in [6.45, 7) is 4.25. The van der Waals surface area contributed by atoms with Crippen LogP contribution in [0.15, 0.2) is 41.2 Å². The van der Waals surface area contributed by atoms with Crippen molar-refractivity contribution in [3.05, 3.63) is 69.6 Å². The smallest absolute Gasteiger partial charge is 0.267 e. The molecule has 0 spiro atoms. The molecule has 2 amide bonds. The zero-order chi connectivity index (χ0) is 20.5. The van der Waals surface area contributed by atoms with Gasteiger partial charge in [-0.2, -0.15) is 5.10 Å². The lowest BCUT2D eigenvalue weighted by Gasteiger charge is -2.10. The number of carbonyl (C=O) groups excluding carboxylic acids is 2. The lowest BCUT2D eigenvalue weighted by Crippen LogP contribution is -2.18. The molecule has 0 unspecified atom stereocenters. The normalized spacial score (nSPS) is 11.0. The quantitative estimate of drug-likeness (QED) is 0.529. The Morgan fingerprint density at radius 3 is 2.76 bits per heavy atom. The van der Waals surface area contributed by atoms with Crippen LogP contribution in [0, 0.1) is 13.8 Å². The number of nitrogens with one attached hydrogen (secondary N) is 1. The Kier molecular flexibility index (Phi) is 4.81. The molecule has 146 valence electrons. The molecule has 0 aliphatic heterocycles. The molecule has 3 aromatic heterocycles. The minimum atomic E-state index is -0.687. The highest BCUT2D eigenvalue weighted by molar-refractivity contribution is 7.07. The molecular formula is C20H18N6O2S. The molecule has 0 aliphatic carbocycles. The van der Waals surface area contributed by atoms with Crippen LogP contribution in [0.5, 0.6) is 0 Å². The lowest BCUT2D eigenvalue weighted by atomic mass is 10.1. The van der Waals surface area contributed by atoms with E-state index in [9.17, 15) is 9.59 Å². The van der Waals surface area contributed by atoms with Crippen molar-refractivity contribution in [1.29, 1.82) is 0 Å². The second kappa shape index (κ2) is 7.44. The van der Waals surface area contributed by atoms with Gasteiger partial charge in [-0.3, -0.25) is 14.3 Å². The van der Waals surface area contributed by atoms with Gasteiger partial charge in [0.2, 0.25) is 0 Å². The van der Waals surface area contributed by atoms with Gasteiger partial charge in [0.25, 0.3) is 11.8 Å². The summed E-state index contributed by atoms with van der Waals surface area (Å²) in [5.41, 5.74) is 11.1. The summed E-state index contributed by atoms with van der Waals surface area (Å²) >= 11 is 1.52. The third-order valence-corrected chi connectivity index (χ3v) is 5.26. The van der Waals surface area contributed by atoms with Gasteiger partial charge in [0, 0.05) is 10.8 Å². The van der Waals surface area contributed by atoms with Crippen molar-refractivity contribution in [1.82, 2.24) is 19.7 Å². The number of nitrogens with zero attached hydrogens (tertiary/aromatic N) is 4. The number of anilines is 1. The fourth-order valence-electron chi connectivity index (χ4n) is 3.17. The number of nitrogens with two attached hydrogens (primary N) is 1. The highest BCUT2D eigenvalue weighted by Crippen LogP contribution is 2.24. The molecule has 29 heavy (non-hydrogen) atoms. The second-order valence-corrected chi connectivity index (χ2v) is 7.29. The van der Waals surface area contributed by atoms with E-state index >= 15 is 0 Å². The SMILES string of the molecule is Cc1nn(Cc2cscn2)c(C)c1NC(=O)c1cc(C(N)=O)nc2ccccc12. The van der Waals surface area contributed by atoms with Gasteiger partial charge in [0.15, 0.2) is 0 Å². The fourth-order valence-corrected chi connectivity index (χ4v) is 3.72. The first-order chi connectivity index (χ1) is 13.9. The topological polar surface area (TPSA) is 116 Å². The van der Waals surface area contributed by atoms with Crippen LogP contribution in [0.3, 0.4) is 0 Å². The summed E-state index contributed by atoms with van der Waals surface area (Å²) in [5, 5.41) is 10.1. The van der Waals surface area contributed by atoms with Gasteiger partial charge in [-0.15, -0.1) is 11.3 Å². The van der Waals surface area contributed by atoms with Crippen LogP contribution in [0.4, 0.5) is 5.69 Å². The Morgan fingerprint density at radius 2 is 2.03 bits per heavy atom. The van der Waals surface area contributed by atoms with E-state index in [0.29, 0.717) is 34.4 Å². The highest BCUT2D eigenvalue weighted by Gasteiger charge is 2.19. The van der Waals surface area contributed by atoms with Gasteiger partial charge in [-0.1, -0.05) is 18.2 Å². The Labute approximate surface area is 170 Å². The molecule has 1 aromatic carbocycles. The molecule has 8 nitrogen and oxygen atoms in total. The number of hydrogen-bond donors (Lipinski definition) is 2. The first-order valence-corrected chi connectivity index (χ1v) is 9.80. The molecule has 3 heterocycles. The number of hydrogen-bond acceptors (Lipinski definition) is 6. The third kappa shape index (κ3) is 3.59. The highest BCUT2D eigenvalue weighted by atomic mass is 32.1. The van der Waals surface area contributed by atoms with Gasteiger partial charge in [0.1, 0.15) is 5.69 Å². The molecule has 0 saturated carbocycles. The van der Waals surface area contributed by atoms with Crippen molar-refractivity contribution >= 4 is 39.7 Å². The maximum absolute atomic E-state index is 13.1. The summed E-state index contributed by atoms with van der Waals surface area (Å²) in [4.78, 5) is 33.3. The molecule has 0 radical (unpaired) electrons. The number of thiazole rings is 1. The number of aryl methyl sites for hydroxylation is 1. The first kappa shape index (κ1) is 18.8. The Bertz CT molecular complexity index is 1230. The molecule has 0 bridgehead atoms. The Morgan fingerprint density at radius 1 is 1.24 bits per heavy atom. The van der Waals surface area contributed by atoms with Gasteiger partial charge >= 0.3 is 0 Å². The number of aromatic nitrogens is 4.